The number of aryl methyl sites for hydroxylation is 1. The van der Waals surface area contributed by atoms with Crippen molar-refractivity contribution in [2.75, 3.05) is 0 Å². The van der Waals surface area contributed by atoms with Crippen LogP contribution in [0.15, 0.2) is 63.4 Å². The Balaban J connectivity index is 1.48. The minimum absolute atomic E-state index is 0.878. The number of hydrogen-bond donors (Lipinski definition) is 0. The van der Waals surface area contributed by atoms with Gasteiger partial charge in [0.25, 0.3) is 0 Å². The number of thiazole rings is 1. The number of thiophene rings is 1. The van der Waals surface area contributed by atoms with Crippen LogP contribution in [-0.2, 0) is 5.75 Å². The Morgan fingerprint density at radius 3 is 2.58 bits per heavy atom. The van der Waals surface area contributed by atoms with Crippen LogP contribution in [0.5, 0.6) is 0 Å². The summed E-state index contributed by atoms with van der Waals surface area (Å²) in [5.74, 6) is 0.878. The van der Waals surface area contributed by atoms with E-state index in [1.54, 1.807) is 34.4 Å². The summed E-state index contributed by atoms with van der Waals surface area (Å²) in [6.07, 6.45) is 0. The predicted octanol–water partition coefficient (Wildman–Crippen LogP) is 6.69. The summed E-state index contributed by atoms with van der Waals surface area (Å²) in [5.41, 5.74) is 3.15. The van der Waals surface area contributed by atoms with Crippen LogP contribution in [0.25, 0.3) is 20.5 Å². The summed E-state index contributed by atoms with van der Waals surface area (Å²) in [7, 11) is 0. The van der Waals surface area contributed by atoms with Crippen LogP contribution in [0.3, 0.4) is 0 Å². The Hall–Kier alpha value is -1.54. The van der Waals surface area contributed by atoms with Gasteiger partial charge in [0.15, 0.2) is 0 Å². The van der Waals surface area contributed by atoms with Crippen LogP contribution in [0.2, 0.25) is 0 Å². The monoisotopic (exact) mass is 459 g/mol. The summed E-state index contributed by atoms with van der Waals surface area (Å²) < 4.78 is 1.09. The van der Waals surface area contributed by atoms with Gasteiger partial charge in [0.1, 0.15) is 15.7 Å². The minimum Gasteiger partial charge on any atom is -0.240 e. The maximum absolute atomic E-state index is 4.69. The van der Waals surface area contributed by atoms with E-state index in [1.807, 2.05) is 25.1 Å². The molecule has 0 aliphatic carbocycles. The van der Waals surface area contributed by atoms with Crippen molar-refractivity contribution >= 4 is 50.4 Å². The first-order valence-corrected chi connectivity index (χ1v) is 11.4. The van der Waals surface area contributed by atoms with E-state index >= 15 is 0 Å². The molecule has 0 amide bonds. The Kier molecular flexibility index (Phi) is 5.49. The molecule has 0 bridgehead atoms. The molecular weight excluding hydrogens is 446 g/mol. The maximum atomic E-state index is 4.69. The van der Waals surface area contributed by atoms with Gasteiger partial charge < -0.3 is 0 Å². The van der Waals surface area contributed by atoms with Crippen molar-refractivity contribution in [3.8, 4) is 20.5 Å². The molecule has 0 aliphatic heterocycles. The topological polar surface area (TPSA) is 38.7 Å². The van der Waals surface area contributed by atoms with Crippen LogP contribution >= 0.6 is 50.4 Å². The van der Waals surface area contributed by atoms with E-state index in [0.29, 0.717) is 0 Å². The summed E-state index contributed by atoms with van der Waals surface area (Å²) in [5, 5.41) is 12.9. The third-order valence-corrected chi connectivity index (χ3v) is 7.44. The van der Waals surface area contributed by atoms with E-state index in [-0.39, 0.29) is 0 Å². The average molecular weight is 460 g/mol. The van der Waals surface area contributed by atoms with Gasteiger partial charge in [0, 0.05) is 10.2 Å². The number of rotatable bonds is 5. The molecule has 3 nitrogen and oxygen atoms in total. The number of benzene rings is 1. The highest BCUT2D eigenvalue weighted by molar-refractivity contribution is 9.10. The van der Waals surface area contributed by atoms with Crippen LogP contribution in [-0.4, -0.2) is 15.2 Å². The minimum atomic E-state index is 0.878. The first-order chi connectivity index (χ1) is 12.7. The molecule has 0 saturated heterocycles. The molecule has 4 aromatic rings. The van der Waals surface area contributed by atoms with E-state index in [4.69, 9.17) is 0 Å². The standard InChI is InChI=1S/C19H14BrN3S3/c1-12-18(26-19(21-12)16-3-2-10-24-16)15-8-9-17(23-22-15)25-11-13-4-6-14(20)7-5-13/h2-10H,11H2,1H3. The molecule has 0 spiro atoms. The summed E-state index contributed by atoms with van der Waals surface area (Å²) >= 11 is 8.53. The van der Waals surface area contributed by atoms with Crippen LogP contribution in [0.4, 0.5) is 0 Å². The lowest BCUT2D eigenvalue weighted by molar-refractivity contribution is 0.936. The Bertz CT molecular complexity index is 994. The zero-order valence-electron chi connectivity index (χ0n) is 13.8. The summed E-state index contributed by atoms with van der Waals surface area (Å²) in [6.45, 7) is 2.03. The van der Waals surface area contributed by atoms with Gasteiger partial charge >= 0.3 is 0 Å². The second-order valence-corrected chi connectivity index (χ2v) is 9.44. The molecule has 26 heavy (non-hydrogen) atoms. The Morgan fingerprint density at radius 2 is 1.88 bits per heavy atom. The van der Waals surface area contributed by atoms with E-state index < -0.39 is 0 Å². The molecule has 1 aromatic carbocycles. The van der Waals surface area contributed by atoms with E-state index in [9.17, 15) is 0 Å². The first kappa shape index (κ1) is 17.9. The molecule has 3 aromatic heterocycles. The van der Waals surface area contributed by atoms with Crippen molar-refractivity contribution in [1.82, 2.24) is 15.2 Å². The number of nitrogens with zero attached hydrogens (tertiary/aromatic N) is 3. The van der Waals surface area contributed by atoms with Gasteiger partial charge in [0.05, 0.1) is 15.4 Å². The van der Waals surface area contributed by atoms with Crippen molar-refractivity contribution in [2.45, 2.75) is 17.7 Å². The van der Waals surface area contributed by atoms with Gasteiger partial charge in [0.2, 0.25) is 0 Å². The van der Waals surface area contributed by atoms with Gasteiger partial charge in [-0.15, -0.1) is 32.9 Å². The van der Waals surface area contributed by atoms with Gasteiger partial charge in [-0.3, -0.25) is 0 Å². The summed E-state index contributed by atoms with van der Waals surface area (Å²) in [6, 6.07) is 16.6. The molecule has 0 fully saturated rings. The SMILES string of the molecule is Cc1nc(-c2cccs2)sc1-c1ccc(SCc2ccc(Br)cc2)nn1. The molecule has 0 radical (unpaired) electrons. The van der Waals surface area contributed by atoms with Crippen molar-refractivity contribution in [3.05, 3.63) is 69.6 Å². The third-order valence-electron chi connectivity index (χ3n) is 3.70. The van der Waals surface area contributed by atoms with Gasteiger partial charge in [-0.05, 0) is 48.2 Å². The molecule has 0 unspecified atom stereocenters. The van der Waals surface area contributed by atoms with Crippen molar-refractivity contribution < 1.29 is 0 Å². The fourth-order valence-corrected chi connectivity index (χ4v) is 5.26. The van der Waals surface area contributed by atoms with Gasteiger partial charge in [-0.1, -0.05) is 45.9 Å². The van der Waals surface area contributed by atoms with Crippen LogP contribution in [0, 0.1) is 6.92 Å². The molecule has 4 rings (SSSR count). The number of halogens is 1. The maximum Gasteiger partial charge on any atom is 0.134 e. The highest BCUT2D eigenvalue weighted by Gasteiger charge is 2.13. The van der Waals surface area contributed by atoms with E-state index in [1.165, 1.54) is 10.4 Å². The zero-order chi connectivity index (χ0) is 17.9. The lowest BCUT2D eigenvalue weighted by Gasteiger charge is -2.02. The van der Waals surface area contributed by atoms with E-state index in [0.717, 1.165) is 36.5 Å². The highest BCUT2D eigenvalue weighted by Crippen LogP contribution is 2.36. The van der Waals surface area contributed by atoms with Crippen molar-refractivity contribution in [3.63, 3.8) is 0 Å². The first-order valence-electron chi connectivity index (χ1n) is 7.92. The fraction of sp³-hybridized carbons (Fsp3) is 0.105. The normalized spacial score (nSPS) is 11.0. The van der Waals surface area contributed by atoms with Gasteiger partial charge in [-0.25, -0.2) is 4.98 Å². The quantitative estimate of drug-likeness (QED) is 0.311. The Morgan fingerprint density at radius 1 is 1.04 bits per heavy atom. The van der Waals surface area contributed by atoms with Gasteiger partial charge in [-0.2, -0.15) is 0 Å². The second-order valence-electron chi connectivity index (χ2n) is 5.58. The molecule has 0 atom stereocenters. The van der Waals surface area contributed by atoms with Crippen molar-refractivity contribution in [1.29, 1.82) is 0 Å². The lowest BCUT2D eigenvalue weighted by Crippen LogP contribution is -1.90. The molecular formula is C19H14BrN3S3. The fourth-order valence-electron chi connectivity index (χ4n) is 2.40. The molecule has 0 N–H and O–H groups in total. The number of aromatic nitrogens is 3. The molecule has 7 heteroatoms. The smallest absolute Gasteiger partial charge is 0.134 e. The summed E-state index contributed by atoms with van der Waals surface area (Å²) in [4.78, 5) is 6.97. The highest BCUT2D eigenvalue weighted by atomic mass is 79.9. The molecule has 0 saturated carbocycles. The largest absolute Gasteiger partial charge is 0.240 e. The van der Waals surface area contributed by atoms with Crippen LogP contribution < -0.4 is 0 Å². The third kappa shape index (κ3) is 4.06. The second kappa shape index (κ2) is 8.00. The lowest BCUT2D eigenvalue weighted by atomic mass is 10.2. The molecule has 3 heterocycles. The van der Waals surface area contributed by atoms with Crippen molar-refractivity contribution in [2.24, 2.45) is 0 Å². The molecule has 0 aliphatic rings. The number of thioether (sulfide) groups is 1. The number of hydrogen-bond acceptors (Lipinski definition) is 6. The Labute approximate surface area is 172 Å². The molecule has 130 valence electrons. The zero-order valence-corrected chi connectivity index (χ0v) is 17.9. The predicted molar refractivity (Wildman–Crippen MR) is 115 cm³/mol. The van der Waals surface area contributed by atoms with E-state index in [2.05, 4.69) is 66.8 Å². The van der Waals surface area contributed by atoms with Crippen LogP contribution in [0.1, 0.15) is 11.3 Å². The average Bonchev–Trinajstić information content (AvgIpc) is 3.31.